The van der Waals surface area contributed by atoms with Gasteiger partial charge in [0.15, 0.2) is 5.16 Å². The zero-order valence-electron chi connectivity index (χ0n) is 12.3. The minimum Gasteiger partial charge on any atom is -0.419 e. The smallest absolute Gasteiger partial charge is 0.247 e. The van der Waals surface area contributed by atoms with Gasteiger partial charge in [-0.25, -0.2) is 4.39 Å². The molecule has 0 amide bonds. The van der Waals surface area contributed by atoms with E-state index in [2.05, 4.69) is 20.4 Å². The van der Waals surface area contributed by atoms with Gasteiger partial charge in [-0.15, -0.1) is 20.4 Å². The third-order valence-electron chi connectivity index (χ3n) is 3.21. The second-order valence-corrected chi connectivity index (χ2v) is 6.11. The Kier molecular flexibility index (Phi) is 3.93. The summed E-state index contributed by atoms with van der Waals surface area (Å²) in [6.07, 6.45) is 0. The molecule has 0 radical (unpaired) electrons. The monoisotopic (exact) mass is 319 g/mol. The molecule has 2 heterocycles. The standard InChI is InChI=1S/C14H14FN5OS/c1-8(22-14-19-16-9(2)20(14)3)12-17-18-13(21-12)10-4-6-11(15)7-5-10/h4-8H,1-3H3/t8-/m0/s1. The average Bonchev–Trinajstić information content (AvgIpc) is 3.11. The molecule has 0 spiro atoms. The fourth-order valence-electron chi connectivity index (χ4n) is 1.81. The first-order valence-corrected chi connectivity index (χ1v) is 7.54. The number of nitrogens with zero attached hydrogens (tertiary/aromatic N) is 5. The number of thioether (sulfide) groups is 1. The van der Waals surface area contributed by atoms with Gasteiger partial charge in [0.1, 0.15) is 11.6 Å². The fourth-order valence-corrected chi connectivity index (χ4v) is 2.70. The number of hydrogen-bond donors (Lipinski definition) is 0. The van der Waals surface area contributed by atoms with Gasteiger partial charge in [-0.2, -0.15) is 0 Å². The van der Waals surface area contributed by atoms with Crippen molar-refractivity contribution in [3.63, 3.8) is 0 Å². The summed E-state index contributed by atoms with van der Waals surface area (Å²) < 4.78 is 20.5. The summed E-state index contributed by atoms with van der Waals surface area (Å²) in [5.74, 6) is 1.40. The van der Waals surface area contributed by atoms with Crippen molar-refractivity contribution in [2.45, 2.75) is 24.3 Å². The molecule has 8 heteroatoms. The molecule has 0 bridgehead atoms. The number of aryl methyl sites for hydroxylation is 1. The zero-order valence-corrected chi connectivity index (χ0v) is 13.1. The van der Waals surface area contributed by atoms with Crippen molar-refractivity contribution in [1.29, 1.82) is 0 Å². The van der Waals surface area contributed by atoms with Crippen LogP contribution in [0.25, 0.3) is 11.5 Å². The molecule has 0 fully saturated rings. The predicted molar refractivity (Wildman–Crippen MR) is 79.7 cm³/mol. The van der Waals surface area contributed by atoms with E-state index < -0.39 is 0 Å². The number of hydrogen-bond acceptors (Lipinski definition) is 6. The summed E-state index contributed by atoms with van der Waals surface area (Å²) >= 11 is 1.49. The lowest BCUT2D eigenvalue weighted by atomic mass is 10.2. The van der Waals surface area contributed by atoms with Crippen LogP contribution in [0.4, 0.5) is 4.39 Å². The van der Waals surface area contributed by atoms with E-state index in [0.717, 1.165) is 11.0 Å². The van der Waals surface area contributed by atoms with Crippen LogP contribution in [-0.4, -0.2) is 25.0 Å². The Balaban J connectivity index is 1.78. The molecule has 1 atom stereocenters. The first-order valence-electron chi connectivity index (χ1n) is 6.66. The van der Waals surface area contributed by atoms with E-state index in [0.29, 0.717) is 17.3 Å². The highest BCUT2D eigenvalue weighted by Gasteiger charge is 2.19. The van der Waals surface area contributed by atoms with Crippen LogP contribution in [0.5, 0.6) is 0 Å². The SMILES string of the molecule is Cc1nnc(S[C@@H](C)c2nnc(-c3ccc(F)cc3)o2)n1C. The molecule has 22 heavy (non-hydrogen) atoms. The summed E-state index contributed by atoms with van der Waals surface area (Å²) in [6.45, 7) is 3.84. The topological polar surface area (TPSA) is 69.6 Å². The van der Waals surface area contributed by atoms with Gasteiger partial charge in [0, 0.05) is 12.6 Å². The van der Waals surface area contributed by atoms with Crippen LogP contribution in [0.2, 0.25) is 0 Å². The second kappa shape index (κ2) is 5.88. The molecule has 3 rings (SSSR count). The number of rotatable bonds is 4. The Hall–Kier alpha value is -2.22. The van der Waals surface area contributed by atoms with Gasteiger partial charge >= 0.3 is 0 Å². The highest BCUT2D eigenvalue weighted by atomic mass is 32.2. The molecule has 114 valence electrons. The van der Waals surface area contributed by atoms with Crippen LogP contribution in [0.3, 0.4) is 0 Å². The maximum Gasteiger partial charge on any atom is 0.247 e. The largest absolute Gasteiger partial charge is 0.419 e. The van der Waals surface area contributed by atoms with Gasteiger partial charge in [0.2, 0.25) is 11.8 Å². The van der Waals surface area contributed by atoms with E-state index in [-0.39, 0.29) is 11.1 Å². The Labute approximate surface area is 130 Å². The van der Waals surface area contributed by atoms with Crippen LogP contribution in [0.15, 0.2) is 33.8 Å². The third-order valence-corrected chi connectivity index (χ3v) is 4.34. The van der Waals surface area contributed by atoms with E-state index in [1.54, 1.807) is 12.1 Å². The highest BCUT2D eigenvalue weighted by molar-refractivity contribution is 7.99. The van der Waals surface area contributed by atoms with E-state index in [1.807, 2.05) is 25.5 Å². The minimum absolute atomic E-state index is 0.0657. The van der Waals surface area contributed by atoms with E-state index in [9.17, 15) is 4.39 Å². The lowest BCUT2D eigenvalue weighted by molar-refractivity contribution is 0.508. The summed E-state index contributed by atoms with van der Waals surface area (Å²) in [4.78, 5) is 0. The second-order valence-electron chi connectivity index (χ2n) is 4.80. The summed E-state index contributed by atoms with van der Waals surface area (Å²) in [5, 5.41) is 16.9. The summed E-state index contributed by atoms with van der Waals surface area (Å²) in [6, 6.07) is 5.94. The molecule has 2 aromatic heterocycles. The Morgan fingerprint density at radius 1 is 1.14 bits per heavy atom. The summed E-state index contributed by atoms with van der Waals surface area (Å²) in [7, 11) is 1.90. The normalized spacial score (nSPS) is 12.5. The Bertz CT molecular complexity index is 783. The van der Waals surface area contributed by atoms with Gasteiger partial charge in [-0.05, 0) is 38.1 Å². The summed E-state index contributed by atoms with van der Waals surface area (Å²) in [5.41, 5.74) is 0.687. The number of halogens is 1. The van der Waals surface area contributed by atoms with Crippen LogP contribution in [0.1, 0.15) is 23.9 Å². The molecule has 1 aromatic carbocycles. The maximum atomic E-state index is 12.9. The van der Waals surface area contributed by atoms with Crippen molar-refractivity contribution >= 4 is 11.8 Å². The van der Waals surface area contributed by atoms with Gasteiger partial charge in [-0.3, -0.25) is 0 Å². The van der Waals surface area contributed by atoms with Gasteiger partial charge in [-0.1, -0.05) is 11.8 Å². The average molecular weight is 319 g/mol. The molecule has 0 saturated carbocycles. The van der Waals surface area contributed by atoms with Gasteiger partial charge in [0.05, 0.1) is 5.25 Å². The first kappa shape index (κ1) is 14.7. The van der Waals surface area contributed by atoms with Crippen molar-refractivity contribution in [1.82, 2.24) is 25.0 Å². The third kappa shape index (κ3) is 2.87. The van der Waals surface area contributed by atoms with Crippen molar-refractivity contribution in [3.8, 4) is 11.5 Å². The van der Waals surface area contributed by atoms with Crippen LogP contribution < -0.4 is 0 Å². The van der Waals surface area contributed by atoms with Crippen molar-refractivity contribution < 1.29 is 8.81 Å². The van der Waals surface area contributed by atoms with Gasteiger partial charge < -0.3 is 8.98 Å². The van der Waals surface area contributed by atoms with Crippen molar-refractivity contribution in [2.24, 2.45) is 7.05 Å². The zero-order chi connectivity index (χ0) is 15.7. The van der Waals surface area contributed by atoms with Crippen LogP contribution in [0, 0.1) is 12.7 Å². The number of aromatic nitrogens is 5. The molecule has 0 aliphatic rings. The van der Waals surface area contributed by atoms with E-state index in [4.69, 9.17) is 4.42 Å². The first-order chi connectivity index (χ1) is 10.5. The molecule has 3 aromatic rings. The highest BCUT2D eigenvalue weighted by Crippen LogP contribution is 2.34. The Morgan fingerprint density at radius 3 is 2.50 bits per heavy atom. The maximum absolute atomic E-state index is 12.9. The fraction of sp³-hybridized carbons (Fsp3) is 0.286. The Morgan fingerprint density at radius 2 is 1.86 bits per heavy atom. The lowest BCUT2D eigenvalue weighted by Crippen LogP contribution is -1.96. The van der Waals surface area contributed by atoms with E-state index >= 15 is 0 Å². The van der Waals surface area contributed by atoms with Crippen molar-refractivity contribution in [2.75, 3.05) is 0 Å². The lowest BCUT2D eigenvalue weighted by Gasteiger charge is -2.05. The van der Waals surface area contributed by atoms with Crippen molar-refractivity contribution in [3.05, 3.63) is 41.8 Å². The van der Waals surface area contributed by atoms with Gasteiger partial charge in [0.25, 0.3) is 0 Å². The quantitative estimate of drug-likeness (QED) is 0.688. The van der Waals surface area contributed by atoms with Crippen LogP contribution >= 0.6 is 11.8 Å². The molecule has 0 aliphatic carbocycles. The number of benzene rings is 1. The predicted octanol–water partition coefficient (Wildman–Crippen LogP) is 3.17. The molecule has 0 unspecified atom stereocenters. The molecule has 0 saturated heterocycles. The van der Waals surface area contributed by atoms with Crippen LogP contribution in [-0.2, 0) is 7.05 Å². The molecular weight excluding hydrogens is 305 g/mol. The van der Waals surface area contributed by atoms with E-state index in [1.165, 1.54) is 23.9 Å². The minimum atomic E-state index is -0.301. The molecule has 0 aliphatic heterocycles. The molecule has 6 nitrogen and oxygen atoms in total. The molecule has 0 N–H and O–H groups in total. The molecular formula is C14H14FN5OS.